The zero-order chi connectivity index (χ0) is 48.6. The van der Waals surface area contributed by atoms with E-state index in [0.29, 0.717) is 30.6 Å². The van der Waals surface area contributed by atoms with Crippen LogP contribution in [0.2, 0.25) is 0 Å². The Morgan fingerprint density at radius 2 is 1.17 bits per heavy atom. The first kappa shape index (κ1) is 52.8. The minimum Gasteiger partial charge on any atom is -0.394 e. The summed E-state index contributed by atoms with van der Waals surface area (Å²) in [4.78, 5) is 0. The van der Waals surface area contributed by atoms with Gasteiger partial charge < -0.3 is 89.7 Å². The second kappa shape index (κ2) is 19.6. The fraction of sp³-hybridized carbons (Fsp3) is 0.958. The van der Waals surface area contributed by atoms with Crippen molar-refractivity contribution in [1.29, 1.82) is 0 Å². The van der Waals surface area contributed by atoms with Crippen LogP contribution in [0.15, 0.2) is 11.6 Å². The maximum absolute atomic E-state index is 11.5. The molecule has 0 aromatic rings. The average Bonchev–Trinajstić information content (AvgIpc) is 3.55. The van der Waals surface area contributed by atoms with Gasteiger partial charge >= 0.3 is 0 Å². The van der Waals surface area contributed by atoms with Crippen LogP contribution in [0.5, 0.6) is 0 Å². The molecule has 4 aliphatic carbocycles. The van der Waals surface area contributed by atoms with Gasteiger partial charge in [0.15, 0.2) is 18.9 Å². The molecule has 3 saturated carbocycles. The zero-order valence-corrected chi connectivity index (χ0v) is 40.0. The number of aliphatic hydroxyl groups is 12. The fourth-order valence-corrected chi connectivity index (χ4v) is 14.2. The van der Waals surface area contributed by atoms with Crippen molar-refractivity contribution >= 4 is 0 Å². The Morgan fingerprint density at radius 3 is 1.71 bits per heavy atom. The highest BCUT2D eigenvalue weighted by molar-refractivity contribution is 5.30. The number of ether oxygens (including phenoxy) is 6. The van der Waals surface area contributed by atoms with Crippen LogP contribution in [0.25, 0.3) is 0 Å². The number of hydrogen-bond acceptors (Lipinski definition) is 18. The summed E-state index contributed by atoms with van der Waals surface area (Å²) in [5, 5.41) is 126. The van der Waals surface area contributed by atoms with Gasteiger partial charge in [0.25, 0.3) is 0 Å². The van der Waals surface area contributed by atoms with Gasteiger partial charge in [0.2, 0.25) is 0 Å². The Bertz CT molecular complexity index is 1670. The van der Waals surface area contributed by atoms with E-state index in [2.05, 4.69) is 47.6 Å². The third-order valence-corrected chi connectivity index (χ3v) is 18.6. The lowest BCUT2D eigenvalue weighted by Crippen LogP contribution is -2.65. The first-order chi connectivity index (χ1) is 30.8. The number of fused-ring (bicyclic) bond motifs is 5. The highest BCUT2D eigenvalue weighted by Gasteiger charge is 2.68. The summed E-state index contributed by atoms with van der Waals surface area (Å²) in [6.45, 7) is 15.4. The van der Waals surface area contributed by atoms with Crippen molar-refractivity contribution in [3.63, 3.8) is 0 Å². The summed E-state index contributed by atoms with van der Waals surface area (Å²) in [6.07, 6.45) is -13.6. The van der Waals surface area contributed by atoms with Crippen LogP contribution in [-0.2, 0) is 28.4 Å². The molecule has 18 heteroatoms. The van der Waals surface area contributed by atoms with Crippen molar-refractivity contribution in [2.45, 2.75) is 223 Å². The van der Waals surface area contributed by atoms with E-state index in [1.165, 1.54) is 5.57 Å². The normalized spacial score (nSPS) is 50.4. The van der Waals surface area contributed by atoms with Gasteiger partial charge in [0.1, 0.15) is 73.2 Å². The molecule has 66 heavy (non-hydrogen) atoms. The maximum Gasteiger partial charge on any atom is 0.187 e. The third-order valence-electron chi connectivity index (χ3n) is 18.6. The topological polar surface area (TPSA) is 298 Å². The fourth-order valence-electron chi connectivity index (χ4n) is 14.2. The van der Waals surface area contributed by atoms with Crippen molar-refractivity contribution in [2.24, 2.45) is 45.3 Å². The number of rotatable bonds is 14. The molecule has 0 radical (unpaired) electrons. The molecule has 3 saturated heterocycles. The summed E-state index contributed by atoms with van der Waals surface area (Å²) in [5.41, 5.74) is -0.425. The predicted molar refractivity (Wildman–Crippen MR) is 234 cm³/mol. The molecule has 18 nitrogen and oxygen atoms in total. The quantitative estimate of drug-likeness (QED) is 0.102. The molecule has 0 aromatic heterocycles. The van der Waals surface area contributed by atoms with Gasteiger partial charge in [-0.25, -0.2) is 0 Å². The SMILES string of the molecule is C[C@H](CC[C@@H](O[C@@H]1O[C@H](CO)[C@@H](O)[C@H](O)[C@H]1OC1O[C@@H](CO)[C@H](O)[C@@H](O)[C@@H]1O)C(C)(C)O)C1CC[C@@]2(C)C3CC=C4C(CC[C@H](OC5O[C@H](CO)[C@@H](O)[C@H](O)[C@H]5O)C4(C)C)[C@]3(C)CC[C@]12C. The Morgan fingerprint density at radius 1 is 0.636 bits per heavy atom. The van der Waals surface area contributed by atoms with Crippen LogP contribution in [-0.4, -0.2) is 191 Å². The first-order valence-corrected chi connectivity index (χ1v) is 24.4. The monoisotopic (exact) mass is 947 g/mol. The second-order valence-electron chi connectivity index (χ2n) is 22.9. The van der Waals surface area contributed by atoms with Gasteiger partial charge in [-0.15, -0.1) is 0 Å². The first-order valence-electron chi connectivity index (χ1n) is 24.4. The van der Waals surface area contributed by atoms with Crippen molar-refractivity contribution in [3.8, 4) is 0 Å². The van der Waals surface area contributed by atoms with E-state index < -0.39 is 129 Å². The van der Waals surface area contributed by atoms with Crippen molar-refractivity contribution in [3.05, 3.63) is 11.6 Å². The molecule has 7 rings (SSSR count). The molecule has 3 heterocycles. The lowest BCUT2D eigenvalue weighted by atomic mass is 9.39. The summed E-state index contributed by atoms with van der Waals surface area (Å²) < 4.78 is 36.0. The summed E-state index contributed by atoms with van der Waals surface area (Å²) >= 11 is 0. The molecule has 0 aromatic carbocycles. The minimum atomic E-state index is -1.81. The van der Waals surface area contributed by atoms with E-state index in [-0.39, 0.29) is 28.3 Å². The van der Waals surface area contributed by atoms with Gasteiger partial charge in [0.05, 0.1) is 37.6 Å². The Kier molecular flexibility index (Phi) is 15.7. The van der Waals surface area contributed by atoms with E-state index >= 15 is 0 Å². The molecular formula is C48H82O18. The zero-order valence-electron chi connectivity index (χ0n) is 40.0. The molecule has 3 aliphatic heterocycles. The van der Waals surface area contributed by atoms with E-state index in [1.54, 1.807) is 13.8 Å². The molecule has 382 valence electrons. The van der Waals surface area contributed by atoms with Crippen molar-refractivity contribution in [1.82, 2.24) is 0 Å². The number of aliphatic hydroxyl groups excluding tert-OH is 11. The lowest BCUT2D eigenvalue weighted by Gasteiger charge is -2.66. The molecule has 5 unspecified atom stereocenters. The summed E-state index contributed by atoms with van der Waals surface area (Å²) in [5.74, 6) is 1.32. The smallest absolute Gasteiger partial charge is 0.187 e. The van der Waals surface area contributed by atoms with Gasteiger partial charge in [-0.2, -0.15) is 0 Å². The summed E-state index contributed by atoms with van der Waals surface area (Å²) in [7, 11) is 0. The van der Waals surface area contributed by atoms with Crippen LogP contribution in [0.3, 0.4) is 0 Å². The Balaban J connectivity index is 1.04. The lowest BCUT2D eigenvalue weighted by molar-refractivity contribution is -0.375. The Hall–Kier alpha value is -0.980. The van der Waals surface area contributed by atoms with Crippen LogP contribution < -0.4 is 0 Å². The van der Waals surface area contributed by atoms with Crippen LogP contribution in [0.1, 0.15) is 113 Å². The highest BCUT2D eigenvalue weighted by atomic mass is 16.8. The molecule has 0 bridgehead atoms. The molecule has 0 amide bonds. The molecular weight excluding hydrogens is 865 g/mol. The van der Waals surface area contributed by atoms with E-state index in [4.69, 9.17) is 28.4 Å². The second-order valence-corrected chi connectivity index (χ2v) is 22.9. The van der Waals surface area contributed by atoms with E-state index in [9.17, 15) is 61.3 Å². The highest BCUT2D eigenvalue weighted by Crippen LogP contribution is 2.75. The Labute approximate surface area is 388 Å². The molecule has 24 atom stereocenters. The van der Waals surface area contributed by atoms with Crippen LogP contribution in [0.4, 0.5) is 0 Å². The minimum absolute atomic E-state index is 0.0113. The molecule has 7 aliphatic rings. The molecule has 12 N–H and O–H groups in total. The van der Waals surface area contributed by atoms with E-state index in [1.807, 2.05) is 0 Å². The maximum atomic E-state index is 11.5. The largest absolute Gasteiger partial charge is 0.394 e. The predicted octanol–water partition coefficient (Wildman–Crippen LogP) is -0.0268. The number of allylic oxidation sites excluding steroid dienone is 1. The van der Waals surface area contributed by atoms with Gasteiger partial charge in [0, 0.05) is 5.41 Å². The van der Waals surface area contributed by atoms with Crippen LogP contribution >= 0.6 is 0 Å². The summed E-state index contributed by atoms with van der Waals surface area (Å²) in [6, 6.07) is 0. The van der Waals surface area contributed by atoms with Gasteiger partial charge in [-0.1, -0.05) is 53.2 Å². The standard InChI is InChI=1S/C48H82O18/c1-22(9-13-31(45(4,5)60)65-43-40(37(57)34(54)28(21-51)63-43)66-42-39(59)36(56)33(53)27(20-50)62-42)23-15-16-48(8)29-12-10-24-25(46(29,6)17-18-47(23,48)7)11-14-30(44(24,2)3)64-41-38(58)35(55)32(52)26(19-49)61-41/h10,22-23,25-43,49-60H,9,11-21H2,1-8H3/t22-,23?,25?,26-,27+,28-,29?,30+,31-,32-,33+,34-,35+,36-,37+,38-,39+,40-,41?,42?,43+,46+,47-,48+/m1/s1. The van der Waals surface area contributed by atoms with Crippen LogP contribution in [0, 0.1) is 45.3 Å². The van der Waals surface area contributed by atoms with Crippen molar-refractivity contribution in [2.75, 3.05) is 19.8 Å². The van der Waals surface area contributed by atoms with Gasteiger partial charge in [-0.05, 0) is 112 Å². The molecule has 0 spiro atoms. The van der Waals surface area contributed by atoms with Gasteiger partial charge in [-0.3, -0.25) is 0 Å². The third kappa shape index (κ3) is 9.01. The van der Waals surface area contributed by atoms with E-state index in [0.717, 1.165) is 44.9 Å². The molecule has 6 fully saturated rings. The number of hydrogen-bond donors (Lipinski definition) is 12. The van der Waals surface area contributed by atoms with Crippen molar-refractivity contribution < 1.29 is 89.7 Å². The average molecular weight is 947 g/mol.